The lowest BCUT2D eigenvalue weighted by Crippen LogP contribution is -2.14. The molecule has 1 aromatic heterocycles. The summed E-state index contributed by atoms with van der Waals surface area (Å²) in [5, 5.41) is 4.24. The van der Waals surface area contributed by atoms with Crippen molar-refractivity contribution in [3.05, 3.63) is 35.7 Å². The van der Waals surface area contributed by atoms with Crippen LogP contribution in [0.5, 0.6) is 0 Å². The first-order chi connectivity index (χ1) is 8.24. The molecule has 0 saturated carbocycles. The molecule has 0 unspecified atom stereocenters. The number of aryl methyl sites for hydroxylation is 1. The van der Waals surface area contributed by atoms with E-state index in [4.69, 9.17) is 4.74 Å². The molecule has 0 fully saturated rings. The fourth-order valence-corrected chi connectivity index (χ4v) is 1.83. The molecule has 0 atom stereocenters. The molecule has 90 valence electrons. The Balaban J connectivity index is 2.38. The molecule has 1 aliphatic rings. The topological polar surface area (TPSA) is 44.1 Å². The highest BCUT2D eigenvalue weighted by atomic mass is 16.5. The van der Waals surface area contributed by atoms with E-state index in [0.717, 1.165) is 24.1 Å². The van der Waals surface area contributed by atoms with Crippen LogP contribution in [0.1, 0.15) is 35.8 Å². The Hall–Kier alpha value is -1.84. The largest absolute Gasteiger partial charge is 0.461 e. The van der Waals surface area contributed by atoms with Crippen molar-refractivity contribution in [2.45, 2.75) is 26.7 Å². The molecule has 0 spiro atoms. The summed E-state index contributed by atoms with van der Waals surface area (Å²) in [7, 11) is 0. The highest BCUT2D eigenvalue weighted by Gasteiger charge is 2.18. The van der Waals surface area contributed by atoms with Crippen molar-refractivity contribution in [1.82, 2.24) is 9.78 Å². The van der Waals surface area contributed by atoms with Crippen molar-refractivity contribution in [3.8, 4) is 0 Å². The summed E-state index contributed by atoms with van der Waals surface area (Å²) in [6.45, 7) is 4.04. The minimum atomic E-state index is -0.317. The predicted molar refractivity (Wildman–Crippen MR) is 65.6 cm³/mol. The van der Waals surface area contributed by atoms with Gasteiger partial charge in [-0.05, 0) is 32.8 Å². The molecule has 0 aliphatic heterocycles. The van der Waals surface area contributed by atoms with Crippen LogP contribution >= 0.6 is 0 Å². The van der Waals surface area contributed by atoms with Crippen LogP contribution in [0.15, 0.2) is 24.4 Å². The van der Waals surface area contributed by atoms with Gasteiger partial charge in [-0.1, -0.05) is 12.2 Å². The van der Waals surface area contributed by atoms with E-state index in [1.165, 1.54) is 0 Å². The Kier molecular flexibility index (Phi) is 3.42. The standard InChI is InChI=1S/C13H16N2O2/c1-3-17-13(16)12-10(2)9-14-15(12)11-7-5-4-6-8-11/h5,7-9H,3-4,6H2,1-2H3. The molecule has 0 bridgehead atoms. The molecule has 0 radical (unpaired) electrons. The molecule has 0 aromatic carbocycles. The van der Waals surface area contributed by atoms with Gasteiger partial charge >= 0.3 is 5.97 Å². The van der Waals surface area contributed by atoms with Gasteiger partial charge in [0.25, 0.3) is 0 Å². The van der Waals surface area contributed by atoms with E-state index in [-0.39, 0.29) is 5.97 Å². The maximum atomic E-state index is 11.9. The SMILES string of the molecule is CCOC(=O)c1c(C)cnn1C1=CCCC=C1. The zero-order valence-corrected chi connectivity index (χ0v) is 10.1. The fourth-order valence-electron chi connectivity index (χ4n) is 1.83. The first-order valence-electron chi connectivity index (χ1n) is 5.83. The van der Waals surface area contributed by atoms with E-state index < -0.39 is 0 Å². The van der Waals surface area contributed by atoms with E-state index in [1.54, 1.807) is 17.8 Å². The molecular formula is C13H16N2O2. The molecule has 4 heteroatoms. The van der Waals surface area contributed by atoms with Crippen LogP contribution in [-0.4, -0.2) is 22.4 Å². The summed E-state index contributed by atoms with van der Waals surface area (Å²) in [5.41, 5.74) is 2.29. The summed E-state index contributed by atoms with van der Waals surface area (Å²) < 4.78 is 6.70. The second-order valence-corrected chi connectivity index (χ2v) is 3.92. The third-order valence-corrected chi connectivity index (χ3v) is 2.64. The van der Waals surface area contributed by atoms with Crippen LogP contribution < -0.4 is 0 Å². The van der Waals surface area contributed by atoms with E-state index in [2.05, 4.69) is 17.3 Å². The minimum Gasteiger partial charge on any atom is -0.461 e. The number of aromatic nitrogens is 2. The van der Waals surface area contributed by atoms with E-state index in [9.17, 15) is 4.79 Å². The molecule has 4 nitrogen and oxygen atoms in total. The summed E-state index contributed by atoms with van der Waals surface area (Å²) in [6, 6.07) is 0. The third kappa shape index (κ3) is 2.30. The van der Waals surface area contributed by atoms with Crippen LogP contribution in [0.4, 0.5) is 0 Å². The molecule has 2 rings (SSSR count). The van der Waals surface area contributed by atoms with Gasteiger partial charge in [0.15, 0.2) is 5.69 Å². The molecular weight excluding hydrogens is 216 g/mol. The van der Waals surface area contributed by atoms with Crippen molar-refractivity contribution in [2.75, 3.05) is 6.61 Å². The maximum absolute atomic E-state index is 11.9. The molecule has 0 saturated heterocycles. The van der Waals surface area contributed by atoms with Gasteiger partial charge in [0.2, 0.25) is 0 Å². The molecule has 1 heterocycles. The molecule has 0 amide bonds. The van der Waals surface area contributed by atoms with Crippen molar-refractivity contribution in [1.29, 1.82) is 0 Å². The summed E-state index contributed by atoms with van der Waals surface area (Å²) in [5.74, 6) is -0.317. The summed E-state index contributed by atoms with van der Waals surface area (Å²) in [6.07, 6.45) is 9.86. The van der Waals surface area contributed by atoms with E-state index in [0.29, 0.717) is 12.3 Å². The molecule has 1 aliphatic carbocycles. The summed E-state index contributed by atoms with van der Waals surface area (Å²) in [4.78, 5) is 11.9. The lowest BCUT2D eigenvalue weighted by atomic mass is 10.1. The number of allylic oxidation sites excluding steroid dienone is 4. The highest BCUT2D eigenvalue weighted by molar-refractivity contribution is 5.90. The molecule has 1 aromatic rings. The van der Waals surface area contributed by atoms with Crippen molar-refractivity contribution < 1.29 is 9.53 Å². The maximum Gasteiger partial charge on any atom is 0.357 e. The lowest BCUT2D eigenvalue weighted by Gasteiger charge is -2.11. The van der Waals surface area contributed by atoms with Crippen LogP contribution in [0, 0.1) is 6.92 Å². The fraction of sp³-hybridized carbons (Fsp3) is 0.385. The number of ether oxygens (including phenoxy) is 1. The Labute approximate surface area is 101 Å². The Bertz CT molecular complexity index is 484. The van der Waals surface area contributed by atoms with Gasteiger partial charge in [-0.2, -0.15) is 5.10 Å². The van der Waals surface area contributed by atoms with Crippen LogP contribution in [-0.2, 0) is 4.74 Å². The van der Waals surface area contributed by atoms with Gasteiger partial charge in [-0.3, -0.25) is 0 Å². The lowest BCUT2D eigenvalue weighted by molar-refractivity contribution is 0.0515. The van der Waals surface area contributed by atoms with Gasteiger partial charge in [-0.15, -0.1) is 0 Å². The van der Waals surface area contributed by atoms with Gasteiger partial charge in [0.05, 0.1) is 18.5 Å². The quantitative estimate of drug-likeness (QED) is 0.752. The minimum absolute atomic E-state index is 0.317. The van der Waals surface area contributed by atoms with Crippen LogP contribution in [0.25, 0.3) is 5.70 Å². The number of nitrogens with zero attached hydrogens (tertiary/aromatic N) is 2. The normalized spacial score (nSPS) is 14.6. The van der Waals surface area contributed by atoms with E-state index in [1.807, 2.05) is 13.0 Å². The number of carbonyl (C=O) groups excluding carboxylic acids is 1. The zero-order valence-electron chi connectivity index (χ0n) is 10.1. The Morgan fingerprint density at radius 2 is 2.35 bits per heavy atom. The highest BCUT2D eigenvalue weighted by Crippen LogP contribution is 2.19. The zero-order chi connectivity index (χ0) is 12.3. The smallest absolute Gasteiger partial charge is 0.357 e. The van der Waals surface area contributed by atoms with Crippen molar-refractivity contribution in [2.24, 2.45) is 0 Å². The Morgan fingerprint density at radius 1 is 1.53 bits per heavy atom. The van der Waals surface area contributed by atoms with Gasteiger partial charge in [0, 0.05) is 5.56 Å². The average molecular weight is 232 g/mol. The number of esters is 1. The number of hydrogen-bond donors (Lipinski definition) is 0. The molecule has 17 heavy (non-hydrogen) atoms. The molecule has 0 N–H and O–H groups in total. The number of rotatable bonds is 3. The van der Waals surface area contributed by atoms with Gasteiger partial charge in [-0.25, -0.2) is 9.48 Å². The second kappa shape index (κ2) is 4.99. The van der Waals surface area contributed by atoms with Crippen LogP contribution in [0.3, 0.4) is 0 Å². The number of hydrogen-bond acceptors (Lipinski definition) is 3. The van der Waals surface area contributed by atoms with Gasteiger partial charge in [0.1, 0.15) is 0 Å². The first kappa shape index (κ1) is 11.6. The van der Waals surface area contributed by atoms with Crippen molar-refractivity contribution >= 4 is 11.7 Å². The van der Waals surface area contributed by atoms with Crippen LogP contribution in [0.2, 0.25) is 0 Å². The average Bonchev–Trinajstić information content (AvgIpc) is 2.73. The third-order valence-electron chi connectivity index (χ3n) is 2.64. The second-order valence-electron chi connectivity index (χ2n) is 3.92. The van der Waals surface area contributed by atoms with Gasteiger partial charge < -0.3 is 4.74 Å². The van der Waals surface area contributed by atoms with Crippen molar-refractivity contribution in [3.63, 3.8) is 0 Å². The van der Waals surface area contributed by atoms with E-state index >= 15 is 0 Å². The monoisotopic (exact) mass is 232 g/mol. The summed E-state index contributed by atoms with van der Waals surface area (Å²) >= 11 is 0. The number of carbonyl (C=O) groups is 1. The first-order valence-corrected chi connectivity index (χ1v) is 5.83. The predicted octanol–water partition coefficient (Wildman–Crippen LogP) is 2.56. The Morgan fingerprint density at radius 3 is 3.00 bits per heavy atom.